The van der Waals surface area contributed by atoms with Gasteiger partial charge in [-0.3, -0.25) is 0 Å². The highest BCUT2D eigenvalue weighted by atomic mass is 79.9. The lowest BCUT2D eigenvalue weighted by Crippen LogP contribution is -2.11. The second kappa shape index (κ2) is 9.95. The average Bonchev–Trinajstić information content (AvgIpc) is 2.60. The van der Waals surface area contributed by atoms with Gasteiger partial charge in [0.2, 0.25) is 0 Å². The number of benzene rings is 2. The molecule has 0 saturated carbocycles. The molecule has 0 saturated heterocycles. The molecule has 0 spiro atoms. The van der Waals surface area contributed by atoms with Crippen LogP contribution in [0.1, 0.15) is 18.1 Å². The van der Waals surface area contributed by atoms with Crippen molar-refractivity contribution in [3.8, 4) is 11.5 Å². The van der Waals surface area contributed by atoms with Gasteiger partial charge in [-0.15, -0.1) is 0 Å². The Morgan fingerprint density at radius 2 is 1.92 bits per heavy atom. The van der Waals surface area contributed by atoms with Crippen LogP contribution in [0.5, 0.6) is 11.5 Å². The van der Waals surface area contributed by atoms with Crippen molar-refractivity contribution in [2.45, 2.75) is 13.5 Å². The maximum absolute atomic E-state index is 8.71. The first-order chi connectivity index (χ1) is 11.7. The first-order valence-electron chi connectivity index (χ1n) is 7.73. The van der Waals surface area contributed by atoms with E-state index in [0.29, 0.717) is 31.3 Å². The summed E-state index contributed by atoms with van der Waals surface area (Å²) in [6.45, 7) is 3.42. The summed E-state index contributed by atoms with van der Waals surface area (Å²) < 4.78 is 12.6. The lowest BCUT2D eigenvalue weighted by molar-refractivity contribution is 0.269. The number of nitrogens with one attached hydrogen (secondary N) is 1. The van der Waals surface area contributed by atoms with Gasteiger partial charge >= 0.3 is 0 Å². The Kier molecular flexibility index (Phi) is 7.58. The van der Waals surface area contributed by atoms with Crippen LogP contribution in [0.15, 0.2) is 52.0 Å². The Balaban J connectivity index is 2.05. The fourth-order valence-electron chi connectivity index (χ4n) is 1.97. The first-order valence-corrected chi connectivity index (χ1v) is 8.53. The summed E-state index contributed by atoms with van der Waals surface area (Å²) in [6, 6.07) is 13.7. The van der Waals surface area contributed by atoms with Gasteiger partial charge in [0, 0.05) is 4.47 Å². The van der Waals surface area contributed by atoms with E-state index in [1.165, 1.54) is 0 Å². The fourth-order valence-corrected chi connectivity index (χ4v) is 2.23. The predicted octanol–water partition coefficient (Wildman–Crippen LogP) is 3.34. The number of rotatable bonds is 9. The Morgan fingerprint density at radius 3 is 2.62 bits per heavy atom. The summed E-state index contributed by atoms with van der Waals surface area (Å²) >= 11 is 3.42. The fraction of sp³-hybridized carbons (Fsp3) is 0.278. The van der Waals surface area contributed by atoms with Crippen molar-refractivity contribution < 1.29 is 14.6 Å². The zero-order valence-electron chi connectivity index (χ0n) is 13.5. The van der Waals surface area contributed by atoms with Gasteiger partial charge in [0.25, 0.3) is 0 Å². The Bertz CT molecular complexity index is 660. The highest BCUT2D eigenvalue weighted by Crippen LogP contribution is 2.29. The molecule has 2 rings (SSSR count). The molecule has 0 aliphatic rings. The van der Waals surface area contributed by atoms with Gasteiger partial charge in [0.05, 0.1) is 26.0 Å². The number of hydrogen-bond acceptors (Lipinski definition) is 5. The van der Waals surface area contributed by atoms with E-state index >= 15 is 0 Å². The quantitative estimate of drug-likeness (QED) is 0.390. The second-order valence-corrected chi connectivity index (χ2v) is 5.86. The summed E-state index contributed by atoms with van der Waals surface area (Å²) in [5, 5.41) is 12.7. The zero-order valence-corrected chi connectivity index (χ0v) is 15.1. The van der Waals surface area contributed by atoms with Crippen LogP contribution in [0.4, 0.5) is 0 Å². The molecule has 0 aromatic heterocycles. The molecule has 2 N–H and O–H groups in total. The molecule has 24 heavy (non-hydrogen) atoms. The number of aliphatic hydroxyl groups is 1. The molecule has 6 heteroatoms. The molecule has 128 valence electrons. The third-order valence-electron chi connectivity index (χ3n) is 3.10. The highest BCUT2D eigenvalue weighted by Gasteiger charge is 2.06. The van der Waals surface area contributed by atoms with Crippen molar-refractivity contribution in [3.63, 3.8) is 0 Å². The van der Waals surface area contributed by atoms with E-state index in [2.05, 4.69) is 26.5 Å². The van der Waals surface area contributed by atoms with Crippen molar-refractivity contribution in [1.82, 2.24) is 5.43 Å². The summed E-state index contributed by atoms with van der Waals surface area (Å²) in [7, 11) is 0. The van der Waals surface area contributed by atoms with Gasteiger partial charge in [-0.2, -0.15) is 5.10 Å². The maximum atomic E-state index is 8.71. The van der Waals surface area contributed by atoms with Crippen LogP contribution < -0.4 is 14.9 Å². The van der Waals surface area contributed by atoms with Gasteiger partial charge in [-0.05, 0) is 48.4 Å². The number of hydrogen-bond donors (Lipinski definition) is 2. The van der Waals surface area contributed by atoms with Gasteiger partial charge in [0.15, 0.2) is 11.5 Å². The van der Waals surface area contributed by atoms with Crippen LogP contribution in [0.25, 0.3) is 0 Å². The van der Waals surface area contributed by atoms with E-state index < -0.39 is 0 Å². The lowest BCUT2D eigenvalue weighted by Gasteiger charge is -2.12. The van der Waals surface area contributed by atoms with Gasteiger partial charge in [0.1, 0.15) is 6.61 Å². The molecular weight excluding hydrogens is 372 g/mol. The number of nitrogens with zero attached hydrogens (tertiary/aromatic N) is 1. The molecule has 0 amide bonds. The molecule has 2 aromatic rings. The average molecular weight is 393 g/mol. The third kappa shape index (κ3) is 5.86. The lowest BCUT2D eigenvalue weighted by atomic mass is 10.2. The number of halogens is 1. The third-order valence-corrected chi connectivity index (χ3v) is 3.63. The summed E-state index contributed by atoms with van der Waals surface area (Å²) in [4.78, 5) is 0. The van der Waals surface area contributed by atoms with Crippen LogP contribution in [0.2, 0.25) is 0 Å². The predicted molar refractivity (Wildman–Crippen MR) is 98.8 cm³/mol. The standard InChI is InChI=1S/C18H21BrN2O3/c1-2-23-18-11-15(12-21-20-9-10-22)5-8-17(18)24-13-14-3-6-16(19)7-4-14/h3-8,11-12,20,22H,2,9-10,13H2,1H3/b21-12+. The van der Waals surface area contributed by atoms with E-state index in [4.69, 9.17) is 14.6 Å². The van der Waals surface area contributed by atoms with Crippen molar-refractivity contribution >= 4 is 22.1 Å². The van der Waals surface area contributed by atoms with E-state index in [-0.39, 0.29) is 6.61 Å². The number of ether oxygens (including phenoxy) is 2. The van der Waals surface area contributed by atoms with Gasteiger partial charge in [-0.1, -0.05) is 28.1 Å². The largest absolute Gasteiger partial charge is 0.490 e. The smallest absolute Gasteiger partial charge is 0.161 e. The summed E-state index contributed by atoms with van der Waals surface area (Å²) in [6.07, 6.45) is 1.68. The number of hydrazone groups is 1. The van der Waals surface area contributed by atoms with Crippen LogP contribution in [-0.2, 0) is 6.61 Å². The minimum atomic E-state index is 0.0460. The minimum absolute atomic E-state index is 0.0460. The van der Waals surface area contributed by atoms with Crippen LogP contribution >= 0.6 is 15.9 Å². The van der Waals surface area contributed by atoms with Crippen LogP contribution in [-0.4, -0.2) is 31.1 Å². The van der Waals surface area contributed by atoms with Crippen LogP contribution in [0, 0.1) is 0 Å². The molecule has 2 aromatic carbocycles. The van der Waals surface area contributed by atoms with E-state index in [9.17, 15) is 0 Å². The van der Waals surface area contributed by atoms with Crippen molar-refractivity contribution in [1.29, 1.82) is 0 Å². The Morgan fingerprint density at radius 1 is 1.12 bits per heavy atom. The number of aliphatic hydroxyl groups excluding tert-OH is 1. The van der Waals surface area contributed by atoms with Gasteiger partial charge in [-0.25, -0.2) is 0 Å². The summed E-state index contributed by atoms with van der Waals surface area (Å²) in [5.74, 6) is 1.38. The minimum Gasteiger partial charge on any atom is -0.490 e. The van der Waals surface area contributed by atoms with Crippen molar-refractivity contribution in [2.75, 3.05) is 19.8 Å². The SMILES string of the molecule is CCOc1cc(/C=N/NCCO)ccc1OCc1ccc(Br)cc1. The molecule has 0 heterocycles. The molecule has 0 bridgehead atoms. The van der Waals surface area contributed by atoms with E-state index in [1.54, 1.807) is 6.21 Å². The second-order valence-electron chi connectivity index (χ2n) is 4.94. The zero-order chi connectivity index (χ0) is 17.2. The van der Waals surface area contributed by atoms with E-state index in [0.717, 1.165) is 15.6 Å². The Hall–Kier alpha value is -2.05. The van der Waals surface area contributed by atoms with Crippen LogP contribution in [0.3, 0.4) is 0 Å². The first kappa shape index (κ1) is 18.3. The molecular formula is C18H21BrN2O3. The molecule has 0 atom stereocenters. The monoisotopic (exact) mass is 392 g/mol. The maximum Gasteiger partial charge on any atom is 0.161 e. The Labute approximate surface area is 150 Å². The highest BCUT2D eigenvalue weighted by molar-refractivity contribution is 9.10. The van der Waals surface area contributed by atoms with E-state index in [1.807, 2.05) is 49.4 Å². The molecule has 0 aliphatic heterocycles. The van der Waals surface area contributed by atoms with Crippen molar-refractivity contribution in [2.24, 2.45) is 5.10 Å². The molecule has 0 aliphatic carbocycles. The molecule has 0 unspecified atom stereocenters. The van der Waals surface area contributed by atoms with Gasteiger partial charge < -0.3 is 20.0 Å². The topological polar surface area (TPSA) is 63.1 Å². The van der Waals surface area contributed by atoms with Crippen molar-refractivity contribution in [3.05, 3.63) is 58.1 Å². The molecule has 0 radical (unpaired) electrons. The normalized spacial score (nSPS) is 10.8. The molecule has 5 nitrogen and oxygen atoms in total. The molecule has 0 fully saturated rings. The summed E-state index contributed by atoms with van der Waals surface area (Å²) in [5.41, 5.74) is 4.72.